The highest BCUT2D eigenvalue weighted by Crippen LogP contribution is 2.29. The molecule has 0 unspecified atom stereocenters. The molecule has 2 aliphatic heterocycles. The molecule has 2 saturated heterocycles. The van der Waals surface area contributed by atoms with Gasteiger partial charge in [-0.2, -0.15) is 19.3 Å². The molecule has 0 saturated carbocycles. The second-order valence-corrected chi connectivity index (χ2v) is 16.7. The summed E-state index contributed by atoms with van der Waals surface area (Å²) in [6.45, 7) is 5.14. The lowest BCUT2D eigenvalue weighted by Crippen LogP contribution is -2.51. The van der Waals surface area contributed by atoms with Crippen molar-refractivity contribution in [2.45, 2.75) is 0 Å². The number of carbonyl (C=O) groups excluding carboxylic acids is 3. The number of H-pyrrole nitrogens is 2. The van der Waals surface area contributed by atoms with Crippen LogP contribution in [0.25, 0.3) is 44.8 Å². The Kier molecular flexibility index (Phi) is 14.4. The van der Waals surface area contributed by atoms with Gasteiger partial charge in [-0.1, -0.05) is 46.8 Å². The fourth-order valence-electron chi connectivity index (χ4n) is 8.52. The zero-order valence-corrected chi connectivity index (χ0v) is 40.8. The van der Waals surface area contributed by atoms with Gasteiger partial charge in [-0.25, -0.2) is 32.9 Å². The van der Waals surface area contributed by atoms with Crippen molar-refractivity contribution in [2.24, 2.45) is 0 Å². The van der Waals surface area contributed by atoms with Crippen LogP contribution in [0.3, 0.4) is 0 Å². The number of anilines is 2. The number of carboxylic acids is 1. The first-order valence-electron chi connectivity index (χ1n) is 23.5. The number of aromatic nitrogens is 16. The van der Waals surface area contributed by atoms with E-state index < -0.39 is 35.1 Å². The summed E-state index contributed by atoms with van der Waals surface area (Å²) in [4.78, 5) is 76.6. The minimum absolute atomic E-state index is 0.0226. The van der Waals surface area contributed by atoms with E-state index in [1.807, 2.05) is 70.2 Å². The zero-order valence-electron chi connectivity index (χ0n) is 40.8. The molecule has 4 N–H and O–H groups in total. The molecule has 0 bridgehead atoms. The molecule has 29 heteroatoms. The van der Waals surface area contributed by atoms with E-state index in [0.717, 1.165) is 62.1 Å². The second kappa shape index (κ2) is 22.0. The second-order valence-electron chi connectivity index (χ2n) is 16.7. The van der Waals surface area contributed by atoms with Crippen LogP contribution in [0.4, 0.5) is 20.7 Å². The van der Waals surface area contributed by atoms with Crippen LogP contribution < -0.4 is 24.6 Å². The van der Waals surface area contributed by atoms with Crippen LogP contribution in [0.2, 0.25) is 0 Å². The summed E-state index contributed by atoms with van der Waals surface area (Å²) in [7, 11) is 3.08. The number of benzene rings is 2. The van der Waals surface area contributed by atoms with Gasteiger partial charge in [-0.05, 0) is 24.3 Å². The summed E-state index contributed by atoms with van der Waals surface area (Å²) in [5, 5.41) is 35.6. The quantitative estimate of drug-likeness (QED) is 0.101. The Morgan fingerprint density at radius 2 is 1.06 bits per heavy atom. The number of ether oxygens (including phenoxy) is 2. The highest BCUT2D eigenvalue weighted by atomic mass is 19.1. The summed E-state index contributed by atoms with van der Waals surface area (Å²) >= 11 is 0. The molecule has 77 heavy (non-hydrogen) atoms. The maximum atomic E-state index is 14.8. The Hall–Kier alpha value is -10.3. The van der Waals surface area contributed by atoms with Gasteiger partial charge >= 0.3 is 18.0 Å². The molecule has 10 heterocycles. The number of aromatic amines is 2. The first-order chi connectivity index (χ1) is 37.5. The number of rotatable bonds is 12. The average molecular weight is 1050 g/mol. The summed E-state index contributed by atoms with van der Waals surface area (Å²) in [5.41, 5.74) is 1.88. The van der Waals surface area contributed by atoms with E-state index in [0.29, 0.717) is 25.0 Å². The van der Waals surface area contributed by atoms with Gasteiger partial charge in [-0.15, -0.1) is 20.4 Å². The highest BCUT2D eigenvalue weighted by Gasteiger charge is 2.32. The van der Waals surface area contributed by atoms with Gasteiger partial charge in [-0.3, -0.25) is 14.4 Å². The van der Waals surface area contributed by atoms with E-state index in [1.54, 1.807) is 18.0 Å². The van der Waals surface area contributed by atoms with Crippen LogP contribution in [0.5, 0.6) is 12.0 Å². The van der Waals surface area contributed by atoms with E-state index in [4.69, 9.17) is 14.6 Å². The van der Waals surface area contributed by atoms with Crippen molar-refractivity contribution in [3.05, 3.63) is 133 Å². The molecule has 27 nitrogen and oxygen atoms in total. The molecule has 8 aromatic heterocycles. The van der Waals surface area contributed by atoms with Gasteiger partial charge in [0, 0.05) is 64.8 Å². The maximum absolute atomic E-state index is 14.8. The van der Waals surface area contributed by atoms with E-state index in [1.165, 1.54) is 46.2 Å². The third-order valence-corrected chi connectivity index (χ3v) is 12.2. The Bertz CT molecular complexity index is 3700. The topological polar surface area (TPSA) is 309 Å². The molecule has 10 aromatic rings. The van der Waals surface area contributed by atoms with Crippen LogP contribution in [0.15, 0.2) is 110 Å². The normalized spacial score (nSPS) is 13.4. The SMILES string of the molecule is COc1nc(N2CCN(C(=O)C(=O)c3c[nH]c4c(-n5ccnn5)ncc(F)c34)CC2)n(-c2ccccc2)n1.COc1nc(N2CCNCC2)n(-c2ccccc2)n1.O=C(O)C(=O)c1c[nH]c2c(-n3ccnn3)ncc(F)c12. The lowest BCUT2D eigenvalue weighted by molar-refractivity contribution is -0.131. The molecule has 0 radical (unpaired) electrons. The summed E-state index contributed by atoms with van der Waals surface area (Å²) < 4.78 is 45.2. The molecule has 0 aliphatic carbocycles. The third kappa shape index (κ3) is 10.2. The minimum Gasteiger partial charge on any atom is -0.475 e. The molecule has 392 valence electrons. The molecule has 12 rings (SSSR count). The summed E-state index contributed by atoms with van der Waals surface area (Å²) in [6.07, 6.45) is 10.2. The van der Waals surface area contributed by atoms with Crippen LogP contribution in [-0.2, 0) is 9.59 Å². The monoisotopic (exact) mass is 1050 g/mol. The van der Waals surface area contributed by atoms with E-state index in [9.17, 15) is 28.0 Å². The van der Waals surface area contributed by atoms with Crippen LogP contribution in [-0.4, -0.2) is 179 Å². The smallest absolute Gasteiger partial charge is 0.377 e. The Morgan fingerprint density at radius 3 is 1.49 bits per heavy atom. The van der Waals surface area contributed by atoms with Crippen LogP contribution >= 0.6 is 0 Å². The minimum atomic E-state index is -1.66. The van der Waals surface area contributed by atoms with Gasteiger partial charge in [0.25, 0.3) is 17.5 Å². The predicted molar refractivity (Wildman–Crippen MR) is 268 cm³/mol. The number of piperazine rings is 2. The first kappa shape index (κ1) is 50.2. The third-order valence-electron chi connectivity index (χ3n) is 12.2. The number of hydrogen-bond acceptors (Lipinski definition) is 19. The van der Waals surface area contributed by atoms with E-state index >= 15 is 0 Å². The van der Waals surface area contributed by atoms with Crippen molar-refractivity contribution < 1.29 is 42.5 Å². The van der Waals surface area contributed by atoms with E-state index in [2.05, 4.69) is 70.9 Å². The van der Waals surface area contributed by atoms with Gasteiger partial charge in [0.05, 0.1) is 95.7 Å². The number of pyridine rings is 2. The van der Waals surface area contributed by atoms with Crippen LogP contribution in [0, 0.1) is 11.6 Å². The number of ketones is 2. The van der Waals surface area contributed by atoms with E-state index in [-0.39, 0.29) is 63.7 Å². The number of carbonyl (C=O) groups is 4. The number of carboxylic acid groups (broad SMARTS) is 1. The number of nitrogens with one attached hydrogen (secondary N) is 3. The summed E-state index contributed by atoms with van der Waals surface area (Å²) in [6, 6.07) is 20.1. The first-order valence-corrected chi connectivity index (χ1v) is 23.5. The van der Waals surface area contributed by atoms with Gasteiger partial charge < -0.3 is 44.6 Å². The lowest BCUT2D eigenvalue weighted by atomic mass is 10.1. The van der Waals surface area contributed by atoms with Crippen molar-refractivity contribution in [3.8, 4) is 35.0 Å². The van der Waals surface area contributed by atoms with Crippen molar-refractivity contribution in [1.29, 1.82) is 0 Å². The van der Waals surface area contributed by atoms with Gasteiger partial charge in [0.15, 0.2) is 23.3 Å². The Labute approximate surface area is 432 Å². The molecular formula is C48H44F2N20O7. The zero-order chi connectivity index (χ0) is 53.6. The Balaban J connectivity index is 0.000000145. The Morgan fingerprint density at radius 1 is 0.610 bits per heavy atom. The molecule has 2 aromatic carbocycles. The molecule has 2 fully saturated rings. The largest absolute Gasteiger partial charge is 0.475 e. The van der Waals surface area contributed by atoms with Gasteiger partial charge in [0.2, 0.25) is 11.9 Å². The number of halogens is 2. The number of hydrogen-bond donors (Lipinski definition) is 4. The van der Waals surface area contributed by atoms with Gasteiger partial charge in [0.1, 0.15) is 0 Å². The number of methoxy groups -OCH3 is 2. The summed E-state index contributed by atoms with van der Waals surface area (Å²) in [5.74, 6) is -4.03. The molecule has 2 aliphatic rings. The standard InChI is InChI=1S/C24H21FN10O3.C13H17N5O.C11H6FN5O3/c1-38-23-29-24(35(30-23)15-5-3-2-4-6-15)33-11-9-32(10-12-33)22(37)20(36)16-13-26-19-18(16)17(25)14-27-21(19)34-8-7-28-31-34;1-19-12-15-13(17-9-7-14-8-10-17)18(16-12)11-5-3-2-4-6-11;12-6-4-14-10(17-2-1-15-16-17)8-7(6)5(3-13-8)9(18)11(19)20/h2-8,13-14,26H,9-12H2,1H3;2-6,14H,7-10H2,1H3;1-4,13H,(H,19,20). The number of fused-ring (bicyclic) bond motifs is 2. The fourth-order valence-corrected chi connectivity index (χ4v) is 8.52. The maximum Gasteiger partial charge on any atom is 0.377 e. The predicted octanol–water partition coefficient (Wildman–Crippen LogP) is 2.64. The number of amides is 1. The van der Waals surface area contributed by atoms with Crippen LogP contribution in [0.1, 0.15) is 20.7 Å². The molecule has 1 amide bonds. The molecule has 0 atom stereocenters. The molecule has 0 spiro atoms. The van der Waals surface area contributed by atoms with Crippen molar-refractivity contribution in [3.63, 3.8) is 0 Å². The number of aliphatic carboxylic acids is 1. The number of Topliss-reactive ketones (excluding diaryl/α,β-unsaturated/α-hetero) is 2. The van der Waals surface area contributed by atoms with Crippen molar-refractivity contribution in [2.75, 3.05) is 76.4 Å². The fraction of sp³-hybridized carbons (Fsp3) is 0.208. The number of para-hydroxylation sites is 2. The molecular weight excluding hydrogens is 1010 g/mol. The lowest BCUT2D eigenvalue weighted by Gasteiger charge is -2.34. The highest BCUT2D eigenvalue weighted by molar-refractivity contribution is 6.45. The van der Waals surface area contributed by atoms with Crippen molar-refractivity contribution >= 4 is 57.1 Å². The van der Waals surface area contributed by atoms with Crippen molar-refractivity contribution in [1.82, 2.24) is 89.7 Å². The average Bonchev–Trinajstić information content (AvgIpc) is 4.39. The number of nitrogens with zero attached hydrogens (tertiary/aromatic N) is 17.